The molecule has 0 saturated heterocycles. The molecular weight excluding hydrogens is 212 g/mol. The highest BCUT2D eigenvalue weighted by molar-refractivity contribution is 5.49. The third kappa shape index (κ3) is 3.20. The van der Waals surface area contributed by atoms with E-state index in [9.17, 15) is 0 Å². The van der Waals surface area contributed by atoms with Crippen molar-refractivity contribution in [3.05, 3.63) is 28.3 Å². The molecule has 0 aliphatic rings. The van der Waals surface area contributed by atoms with Gasteiger partial charge in [0, 0.05) is 25.2 Å². The molecule has 1 rings (SSSR count). The number of methoxy groups -OCH3 is 1. The second-order valence-corrected chi connectivity index (χ2v) is 4.67. The smallest absolute Gasteiger partial charge is 0.126 e. The van der Waals surface area contributed by atoms with Crippen molar-refractivity contribution in [2.75, 3.05) is 27.2 Å². The van der Waals surface area contributed by atoms with E-state index in [-0.39, 0.29) is 0 Å². The van der Waals surface area contributed by atoms with Crippen LogP contribution in [0.3, 0.4) is 0 Å². The Morgan fingerprint density at radius 1 is 1.24 bits per heavy atom. The van der Waals surface area contributed by atoms with E-state index in [1.807, 2.05) is 0 Å². The Kier molecular flexibility index (Phi) is 4.97. The van der Waals surface area contributed by atoms with E-state index >= 15 is 0 Å². The Labute approximate surface area is 105 Å². The van der Waals surface area contributed by atoms with Gasteiger partial charge in [-0.2, -0.15) is 0 Å². The quantitative estimate of drug-likeness (QED) is 0.850. The van der Waals surface area contributed by atoms with Gasteiger partial charge in [-0.3, -0.25) is 0 Å². The van der Waals surface area contributed by atoms with Crippen molar-refractivity contribution in [3.8, 4) is 5.75 Å². The first-order valence-electron chi connectivity index (χ1n) is 6.03. The highest BCUT2D eigenvalue weighted by Crippen LogP contribution is 2.30. The number of likely N-dealkylation sites (N-methyl/N-ethyl adjacent to an activating group) is 1. The molecule has 0 fully saturated rings. The van der Waals surface area contributed by atoms with Crippen LogP contribution >= 0.6 is 0 Å². The van der Waals surface area contributed by atoms with Crippen molar-refractivity contribution in [1.29, 1.82) is 0 Å². The van der Waals surface area contributed by atoms with Crippen LogP contribution in [0.1, 0.15) is 22.3 Å². The Morgan fingerprint density at radius 3 is 2.41 bits per heavy atom. The molecule has 1 aromatic carbocycles. The summed E-state index contributed by atoms with van der Waals surface area (Å²) in [6.45, 7) is 8.84. The fourth-order valence-corrected chi connectivity index (χ4v) is 2.15. The molecule has 0 heterocycles. The zero-order chi connectivity index (χ0) is 13.0. The Morgan fingerprint density at radius 2 is 1.88 bits per heavy atom. The fraction of sp³-hybridized carbons (Fsp3) is 0.571. The molecule has 0 radical (unpaired) electrons. The second kappa shape index (κ2) is 6.03. The van der Waals surface area contributed by atoms with Crippen LogP contribution in [0.25, 0.3) is 0 Å². The van der Waals surface area contributed by atoms with E-state index in [2.05, 4.69) is 38.8 Å². The molecule has 3 nitrogen and oxygen atoms in total. The zero-order valence-corrected chi connectivity index (χ0v) is 11.6. The molecule has 0 atom stereocenters. The van der Waals surface area contributed by atoms with Crippen LogP contribution in [0.4, 0.5) is 0 Å². The average Bonchev–Trinajstić information content (AvgIpc) is 2.27. The fourth-order valence-electron chi connectivity index (χ4n) is 2.15. The number of nitrogens with zero attached hydrogens (tertiary/aromatic N) is 1. The van der Waals surface area contributed by atoms with Crippen molar-refractivity contribution in [1.82, 2.24) is 4.90 Å². The summed E-state index contributed by atoms with van der Waals surface area (Å²) in [5.41, 5.74) is 10.6. The van der Waals surface area contributed by atoms with Gasteiger partial charge < -0.3 is 15.4 Å². The van der Waals surface area contributed by atoms with Crippen molar-refractivity contribution in [3.63, 3.8) is 0 Å². The number of rotatable bonds is 5. The van der Waals surface area contributed by atoms with Gasteiger partial charge in [-0.05, 0) is 44.5 Å². The largest absolute Gasteiger partial charge is 0.496 e. The van der Waals surface area contributed by atoms with Gasteiger partial charge in [0.05, 0.1) is 7.11 Å². The minimum absolute atomic E-state index is 0.683. The van der Waals surface area contributed by atoms with E-state index in [1.165, 1.54) is 22.3 Å². The van der Waals surface area contributed by atoms with Crippen LogP contribution in [-0.2, 0) is 6.54 Å². The van der Waals surface area contributed by atoms with Crippen LogP contribution in [0.5, 0.6) is 5.75 Å². The first-order valence-corrected chi connectivity index (χ1v) is 6.03. The normalized spacial score (nSPS) is 11.0. The molecule has 2 N–H and O–H groups in total. The maximum atomic E-state index is 5.57. The Hall–Kier alpha value is -1.06. The topological polar surface area (TPSA) is 38.5 Å². The molecule has 96 valence electrons. The molecule has 0 aromatic heterocycles. The lowest BCUT2D eigenvalue weighted by Crippen LogP contribution is -2.25. The Balaban J connectivity index is 3.09. The number of aryl methyl sites for hydroxylation is 2. The maximum Gasteiger partial charge on any atom is 0.126 e. The van der Waals surface area contributed by atoms with Gasteiger partial charge in [0.15, 0.2) is 0 Å². The lowest BCUT2D eigenvalue weighted by atomic mass is 9.98. The van der Waals surface area contributed by atoms with Crippen LogP contribution in [0.15, 0.2) is 6.07 Å². The second-order valence-electron chi connectivity index (χ2n) is 4.67. The number of hydrogen-bond donors (Lipinski definition) is 1. The van der Waals surface area contributed by atoms with Gasteiger partial charge in [-0.15, -0.1) is 0 Å². The highest BCUT2D eigenvalue weighted by atomic mass is 16.5. The van der Waals surface area contributed by atoms with Crippen molar-refractivity contribution in [2.24, 2.45) is 5.73 Å². The van der Waals surface area contributed by atoms with Crippen LogP contribution in [0, 0.1) is 20.8 Å². The van der Waals surface area contributed by atoms with Crippen molar-refractivity contribution >= 4 is 0 Å². The van der Waals surface area contributed by atoms with Gasteiger partial charge in [-0.25, -0.2) is 0 Å². The lowest BCUT2D eigenvalue weighted by molar-refractivity contribution is 0.324. The molecule has 0 saturated carbocycles. The molecule has 0 amide bonds. The standard InChI is InChI=1S/C14H24N2O/c1-10-8-11(2)13(9-16(4)7-6-15)14(17-5)12(10)3/h8H,6-7,9,15H2,1-5H3. The first-order chi connectivity index (χ1) is 8.01. The number of benzene rings is 1. The van der Waals surface area contributed by atoms with Crippen LogP contribution in [-0.4, -0.2) is 32.1 Å². The molecule has 17 heavy (non-hydrogen) atoms. The molecular formula is C14H24N2O. The maximum absolute atomic E-state index is 5.57. The molecule has 0 bridgehead atoms. The summed E-state index contributed by atoms with van der Waals surface area (Å²) in [5.74, 6) is 1.02. The van der Waals surface area contributed by atoms with E-state index in [1.54, 1.807) is 7.11 Å². The van der Waals surface area contributed by atoms with E-state index in [0.717, 1.165) is 18.8 Å². The van der Waals surface area contributed by atoms with E-state index in [4.69, 9.17) is 10.5 Å². The summed E-state index contributed by atoms with van der Waals surface area (Å²) in [7, 11) is 3.83. The van der Waals surface area contributed by atoms with E-state index < -0.39 is 0 Å². The first kappa shape index (κ1) is 14.0. The minimum atomic E-state index is 0.683. The molecule has 0 unspecified atom stereocenters. The van der Waals surface area contributed by atoms with Gasteiger partial charge in [-0.1, -0.05) is 6.07 Å². The number of ether oxygens (including phenoxy) is 1. The van der Waals surface area contributed by atoms with Gasteiger partial charge in [0.1, 0.15) is 5.75 Å². The number of hydrogen-bond acceptors (Lipinski definition) is 3. The molecule has 1 aromatic rings. The summed E-state index contributed by atoms with van der Waals surface area (Å²) >= 11 is 0. The number of nitrogens with two attached hydrogens (primary N) is 1. The SMILES string of the molecule is COc1c(C)c(C)cc(C)c1CN(C)CCN. The zero-order valence-electron chi connectivity index (χ0n) is 11.6. The van der Waals surface area contributed by atoms with E-state index in [0.29, 0.717) is 6.54 Å². The molecule has 0 spiro atoms. The van der Waals surface area contributed by atoms with Crippen molar-refractivity contribution < 1.29 is 4.74 Å². The van der Waals surface area contributed by atoms with Crippen LogP contribution < -0.4 is 10.5 Å². The van der Waals surface area contributed by atoms with Gasteiger partial charge in [0.2, 0.25) is 0 Å². The third-order valence-electron chi connectivity index (χ3n) is 3.26. The highest BCUT2D eigenvalue weighted by Gasteiger charge is 2.13. The summed E-state index contributed by atoms with van der Waals surface area (Å²) in [6.07, 6.45) is 0. The predicted molar refractivity (Wildman–Crippen MR) is 72.6 cm³/mol. The monoisotopic (exact) mass is 236 g/mol. The van der Waals surface area contributed by atoms with Gasteiger partial charge >= 0.3 is 0 Å². The summed E-state index contributed by atoms with van der Waals surface area (Å²) < 4.78 is 5.56. The summed E-state index contributed by atoms with van der Waals surface area (Å²) in [5, 5.41) is 0. The lowest BCUT2D eigenvalue weighted by Gasteiger charge is -2.21. The summed E-state index contributed by atoms with van der Waals surface area (Å²) in [4.78, 5) is 2.22. The van der Waals surface area contributed by atoms with Crippen molar-refractivity contribution in [2.45, 2.75) is 27.3 Å². The Bertz CT molecular complexity index is 388. The summed E-state index contributed by atoms with van der Waals surface area (Å²) in [6, 6.07) is 2.23. The third-order valence-corrected chi connectivity index (χ3v) is 3.26. The predicted octanol–water partition coefficient (Wildman–Crippen LogP) is 2.01. The molecule has 0 aliphatic heterocycles. The molecule has 0 aliphatic carbocycles. The molecule has 3 heteroatoms. The van der Waals surface area contributed by atoms with Gasteiger partial charge in [0.25, 0.3) is 0 Å². The minimum Gasteiger partial charge on any atom is -0.496 e. The van der Waals surface area contributed by atoms with Crippen LogP contribution in [0.2, 0.25) is 0 Å². The average molecular weight is 236 g/mol.